The molecule has 24 heavy (non-hydrogen) atoms. The summed E-state index contributed by atoms with van der Waals surface area (Å²) in [6.45, 7) is 3.93. The van der Waals surface area contributed by atoms with Gasteiger partial charge in [-0.2, -0.15) is 0 Å². The van der Waals surface area contributed by atoms with Crippen LogP contribution >= 0.6 is 23.7 Å². The molecule has 0 bridgehead atoms. The summed E-state index contributed by atoms with van der Waals surface area (Å²) in [5, 5.41) is 1.22. The number of allylic oxidation sites excluding steroid dienone is 3. The molecule has 0 radical (unpaired) electrons. The van der Waals surface area contributed by atoms with E-state index in [2.05, 4.69) is 59.0 Å². The predicted molar refractivity (Wildman–Crippen MR) is 105 cm³/mol. The monoisotopic (exact) mass is 363 g/mol. The van der Waals surface area contributed by atoms with E-state index in [-0.39, 0.29) is 0 Å². The maximum absolute atomic E-state index is 11.4. The van der Waals surface area contributed by atoms with Crippen molar-refractivity contribution in [3.63, 3.8) is 0 Å². The van der Waals surface area contributed by atoms with Crippen LogP contribution in [0.3, 0.4) is 0 Å². The summed E-state index contributed by atoms with van der Waals surface area (Å²) < 4.78 is 3.19. The van der Waals surface area contributed by atoms with Crippen molar-refractivity contribution in [1.82, 2.24) is 14.5 Å². The second-order valence-electron chi connectivity index (χ2n) is 5.84. The van der Waals surface area contributed by atoms with E-state index >= 15 is 0 Å². The second kappa shape index (κ2) is 9.81. The molecular formula is C18H25N3OS2. The standard InChI is InChI=1S/C18H25N3OS2/c1-15(11-18-21(3)9-10-23-18)17(13-22)19-24-14-20(2)12-16-7-5-4-6-8-16/h4-8,11,13,19H,9-10,12,14H2,1-3H3/b17-15+,18-11+. The van der Waals surface area contributed by atoms with Gasteiger partial charge in [-0.15, -0.1) is 11.8 Å². The van der Waals surface area contributed by atoms with Crippen molar-refractivity contribution in [3.8, 4) is 0 Å². The van der Waals surface area contributed by atoms with E-state index in [1.165, 1.54) is 22.5 Å². The van der Waals surface area contributed by atoms with Crippen LogP contribution < -0.4 is 4.72 Å². The maximum Gasteiger partial charge on any atom is 0.167 e. The van der Waals surface area contributed by atoms with Crippen LogP contribution in [-0.2, 0) is 11.3 Å². The lowest BCUT2D eigenvalue weighted by atomic mass is 10.2. The van der Waals surface area contributed by atoms with E-state index in [4.69, 9.17) is 0 Å². The second-order valence-corrected chi connectivity index (χ2v) is 7.71. The first-order chi connectivity index (χ1) is 11.6. The Labute approximate surface area is 153 Å². The normalized spacial score (nSPS) is 17.3. The molecule has 0 spiro atoms. The first-order valence-corrected chi connectivity index (χ1v) is 9.89. The van der Waals surface area contributed by atoms with Gasteiger partial charge in [-0.3, -0.25) is 9.69 Å². The molecule has 1 N–H and O–H groups in total. The number of hydrogen-bond donors (Lipinski definition) is 1. The Balaban J connectivity index is 1.84. The van der Waals surface area contributed by atoms with Gasteiger partial charge in [-0.05, 0) is 43.1 Å². The number of nitrogens with one attached hydrogen (secondary N) is 1. The highest BCUT2D eigenvalue weighted by atomic mass is 32.2. The predicted octanol–water partition coefficient (Wildman–Crippen LogP) is 3.31. The van der Waals surface area contributed by atoms with Gasteiger partial charge in [0.1, 0.15) is 0 Å². The van der Waals surface area contributed by atoms with Crippen molar-refractivity contribution < 1.29 is 4.79 Å². The number of benzene rings is 1. The molecule has 1 aromatic carbocycles. The van der Waals surface area contributed by atoms with Crippen LogP contribution in [0.25, 0.3) is 0 Å². The lowest BCUT2D eigenvalue weighted by Crippen LogP contribution is -2.20. The fourth-order valence-electron chi connectivity index (χ4n) is 2.28. The smallest absolute Gasteiger partial charge is 0.167 e. The average Bonchev–Trinajstić information content (AvgIpc) is 2.97. The number of rotatable bonds is 8. The number of carbonyl (C=O) groups is 1. The molecule has 1 fully saturated rings. The summed E-state index contributed by atoms with van der Waals surface area (Å²) in [6.07, 6.45) is 2.98. The van der Waals surface area contributed by atoms with E-state index in [9.17, 15) is 4.79 Å². The molecule has 1 saturated heterocycles. The molecule has 1 aliphatic rings. The lowest BCUT2D eigenvalue weighted by Gasteiger charge is -2.17. The topological polar surface area (TPSA) is 35.6 Å². The average molecular weight is 364 g/mol. The number of nitrogens with zero attached hydrogens (tertiary/aromatic N) is 2. The van der Waals surface area contributed by atoms with Crippen LogP contribution in [-0.4, -0.2) is 48.4 Å². The Kier molecular flexibility index (Phi) is 7.75. The first-order valence-electron chi connectivity index (χ1n) is 7.92. The van der Waals surface area contributed by atoms with Crippen LogP contribution in [0.15, 0.2) is 52.7 Å². The molecule has 1 aromatic rings. The zero-order valence-electron chi connectivity index (χ0n) is 14.5. The highest BCUT2D eigenvalue weighted by Gasteiger charge is 2.13. The molecule has 0 aliphatic carbocycles. The third-order valence-corrected chi connectivity index (χ3v) is 5.74. The van der Waals surface area contributed by atoms with Gasteiger partial charge in [0.2, 0.25) is 0 Å². The highest BCUT2D eigenvalue weighted by Crippen LogP contribution is 2.27. The zero-order valence-corrected chi connectivity index (χ0v) is 16.1. The zero-order chi connectivity index (χ0) is 17.4. The van der Waals surface area contributed by atoms with Crippen LogP contribution in [0, 0.1) is 0 Å². The van der Waals surface area contributed by atoms with Crippen molar-refractivity contribution in [3.05, 3.63) is 58.3 Å². The van der Waals surface area contributed by atoms with Crippen LogP contribution in [0.1, 0.15) is 12.5 Å². The molecule has 4 nitrogen and oxygen atoms in total. The quantitative estimate of drug-likeness (QED) is 0.330. The summed E-state index contributed by atoms with van der Waals surface area (Å²) in [7, 11) is 4.16. The van der Waals surface area contributed by atoms with Crippen LogP contribution in [0.2, 0.25) is 0 Å². The molecule has 2 rings (SSSR count). The molecule has 1 aliphatic heterocycles. The maximum atomic E-state index is 11.4. The van der Waals surface area contributed by atoms with Crippen LogP contribution in [0.4, 0.5) is 0 Å². The van der Waals surface area contributed by atoms with Crippen molar-refractivity contribution in [1.29, 1.82) is 0 Å². The summed E-state index contributed by atoms with van der Waals surface area (Å²) in [5.74, 6) is 1.91. The van der Waals surface area contributed by atoms with E-state index < -0.39 is 0 Å². The fraction of sp³-hybridized carbons (Fsp3) is 0.389. The van der Waals surface area contributed by atoms with Gasteiger partial charge in [0, 0.05) is 25.9 Å². The Morgan fingerprint density at radius 3 is 2.79 bits per heavy atom. The van der Waals surface area contributed by atoms with Gasteiger partial charge in [0.05, 0.1) is 16.6 Å². The summed E-state index contributed by atoms with van der Waals surface area (Å²) >= 11 is 3.37. The third-order valence-electron chi connectivity index (χ3n) is 3.70. The number of hydrogen-bond acceptors (Lipinski definition) is 6. The molecule has 130 valence electrons. The molecule has 0 aromatic heterocycles. The van der Waals surface area contributed by atoms with Gasteiger partial charge in [0.25, 0.3) is 0 Å². The number of aldehydes is 1. The third kappa shape index (κ3) is 5.92. The molecule has 6 heteroatoms. The van der Waals surface area contributed by atoms with E-state index in [0.717, 1.165) is 36.6 Å². The minimum Gasteiger partial charge on any atom is -0.369 e. The molecular weight excluding hydrogens is 338 g/mol. The summed E-state index contributed by atoms with van der Waals surface area (Å²) in [4.78, 5) is 15.8. The van der Waals surface area contributed by atoms with Crippen LogP contribution in [0.5, 0.6) is 0 Å². The summed E-state index contributed by atoms with van der Waals surface area (Å²) in [6, 6.07) is 10.4. The Hall–Kier alpha value is -1.37. The summed E-state index contributed by atoms with van der Waals surface area (Å²) in [5.41, 5.74) is 2.90. The first kappa shape index (κ1) is 19.0. The molecule has 0 saturated carbocycles. The SMILES string of the molecule is CC(/C=C1/SCCN1C)=C(/C=O)NSCN(C)Cc1ccccc1. The largest absolute Gasteiger partial charge is 0.369 e. The van der Waals surface area contributed by atoms with Gasteiger partial charge in [0.15, 0.2) is 6.29 Å². The van der Waals surface area contributed by atoms with Gasteiger partial charge in [-0.1, -0.05) is 30.3 Å². The molecule has 0 unspecified atom stereocenters. The van der Waals surface area contributed by atoms with Crippen molar-refractivity contribution in [2.75, 3.05) is 32.3 Å². The van der Waals surface area contributed by atoms with Crippen molar-refractivity contribution in [2.45, 2.75) is 13.5 Å². The van der Waals surface area contributed by atoms with Gasteiger partial charge in [-0.25, -0.2) is 0 Å². The minimum atomic E-state index is 0.640. The molecule has 0 atom stereocenters. The lowest BCUT2D eigenvalue weighted by molar-refractivity contribution is -0.105. The van der Waals surface area contributed by atoms with E-state index in [1.54, 1.807) is 0 Å². The minimum absolute atomic E-state index is 0.640. The Bertz CT molecular complexity index is 602. The van der Waals surface area contributed by atoms with Gasteiger partial charge < -0.3 is 9.62 Å². The fourth-order valence-corrected chi connectivity index (χ4v) is 4.17. The van der Waals surface area contributed by atoms with Crippen molar-refractivity contribution >= 4 is 30.0 Å². The molecule has 0 amide bonds. The molecule has 1 heterocycles. The van der Waals surface area contributed by atoms with E-state index in [1.807, 2.05) is 24.8 Å². The Morgan fingerprint density at radius 2 is 2.17 bits per heavy atom. The van der Waals surface area contributed by atoms with E-state index in [0.29, 0.717) is 5.70 Å². The highest BCUT2D eigenvalue weighted by molar-refractivity contribution is 8.03. The van der Waals surface area contributed by atoms with Crippen molar-refractivity contribution in [2.24, 2.45) is 0 Å². The Morgan fingerprint density at radius 1 is 1.42 bits per heavy atom. The number of thioether (sulfide) groups is 1. The van der Waals surface area contributed by atoms with Gasteiger partial charge >= 0.3 is 0 Å². The number of carbonyl (C=O) groups excluding carboxylic acids is 1.